The van der Waals surface area contributed by atoms with E-state index in [-0.39, 0.29) is 25.1 Å². The van der Waals surface area contributed by atoms with Gasteiger partial charge in [0.25, 0.3) is 5.91 Å². The molecule has 25 heavy (non-hydrogen) atoms. The highest BCUT2D eigenvalue weighted by Crippen LogP contribution is 2.29. The molecule has 0 fully saturated rings. The Labute approximate surface area is 158 Å². The van der Waals surface area contributed by atoms with Crippen LogP contribution in [0.1, 0.15) is 11.1 Å². The average molecular weight is 457 g/mol. The molecule has 1 aliphatic rings. The second kappa shape index (κ2) is 8.48. The van der Waals surface area contributed by atoms with Gasteiger partial charge in [-0.1, -0.05) is 0 Å². The van der Waals surface area contributed by atoms with Gasteiger partial charge in [-0.3, -0.25) is 4.79 Å². The van der Waals surface area contributed by atoms with Crippen molar-refractivity contribution in [1.29, 1.82) is 0 Å². The Kier molecular flexibility index (Phi) is 6.09. The molecule has 132 valence electrons. The third kappa shape index (κ3) is 5.05. The van der Waals surface area contributed by atoms with Gasteiger partial charge in [0.2, 0.25) is 0 Å². The first-order valence-corrected chi connectivity index (χ1v) is 8.86. The molecule has 0 spiro atoms. The number of hydrogen-bond donors (Lipinski definition) is 1. The first-order chi connectivity index (χ1) is 12.1. The van der Waals surface area contributed by atoms with Crippen LogP contribution in [0.3, 0.4) is 0 Å². The summed E-state index contributed by atoms with van der Waals surface area (Å²) in [6.45, 7) is 0.791. The maximum Gasteiger partial charge on any atom is 0.257 e. The number of nitrogens with one attached hydrogen (secondary N) is 1. The van der Waals surface area contributed by atoms with Crippen molar-refractivity contribution in [1.82, 2.24) is 5.32 Å². The molecule has 7 heteroatoms. The van der Waals surface area contributed by atoms with Gasteiger partial charge in [0.05, 0.1) is 6.61 Å². The minimum atomic E-state index is -0.337. The van der Waals surface area contributed by atoms with E-state index in [9.17, 15) is 9.18 Å². The number of amides is 1. The van der Waals surface area contributed by atoms with Crippen molar-refractivity contribution in [2.75, 3.05) is 19.9 Å². The van der Waals surface area contributed by atoms with Crippen LogP contribution in [-0.4, -0.2) is 25.9 Å². The zero-order valence-electron chi connectivity index (χ0n) is 13.4. The summed E-state index contributed by atoms with van der Waals surface area (Å²) < 4.78 is 30.8. The molecular weight excluding hydrogens is 440 g/mol. The molecule has 0 bridgehead atoms. The number of carbonyl (C=O) groups is 1. The Balaban J connectivity index is 1.48. The Bertz CT molecular complexity index is 751. The van der Waals surface area contributed by atoms with Crippen LogP contribution in [0.25, 0.3) is 0 Å². The second-order valence-electron chi connectivity index (χ2n) is 5.51. The van der Waals surface area contributed by atoms with E-state index in [1.807, 2.05) is 24.3 Å². The van der Waals surface area contributed by atoms with Gasteiger partial charge in [-0.25, -0.2) is 4.39 Å². The molecule has 2 aromatic rings. The van der Waals surface area contributed by atoms with Gasteiger partial charge in [0.1, 0.15) is 17.3 Å². The number of hydrogen-bond acceptors (Lipinski definition) is 4. The summed E-state index contributed by atoms with van der Waals surface area (Å²) in [7, 11) is 0. The Morgan fingerprint density at radius 2 is 2.08 bits per heavy atom. The Morgan fingerprint density at radius 1 is 1.28 bits per heavy atom. The highest BCUT2D eigenvalue weighted by atomic mass is 127. The van der Waals surface area contributed by atoms with Crippen LogP contribution in [0.15, 0.2) is 36.4 Å². The molecular formula is C18H17FINO4. The lowest BCUT2D eigenvalue weighted by atomic mass is 10.1. The van der Waals surface area contributed by atoms with Crippen molar-refractivity contribution >= 4 is 28.5 Å². The summed E-state index contributed by atoms with van der Waals surface area (Å²) in [5.41, 5.74) is 1.41. The normalized spacial score (nSPS) is 12.9. The van der Waals surface area contributed by atoms with E-state index >= 15 is 0 Å². The highest BCUT2D eigenvalue weighted by Gasteiger charge is 2.17. The van der Waals surface area contributed by atoms with E-state index in [1.54, 1.807) is 0 Å². The summed E-state index contributed by atoms with van der Waals surface area (Å²) in [5.74, 6) is 0.726. The van der Waals surface area contributed by atoms with Crippen LogP contribution in [0.2, 0.25) is 0 Å². The molecule has 1 amide bonds. The molecule has 0 unspecified atom stereocenters. The molecule has 1 heterocycles. The van der Waals surface area contributed by atoms with Gasteiger partial charge in [-0.2, -0.15) is 0 Å². The van der Waals surface area contributed by atoms with Crippen LogP contribution >= 0.6 is 22.6 Å². The topological polar surface area (TPSA) is 56.8 Å². The molecule has 1 N–H and O–H groups in total. The quantitative estimate of drug-likeness (QED) is 0.678. The van der Waals surface area contributed by atoms with Crippen LogP contribution in [-0.2, 0) is 22.6 Å². The lowest BCUT2D eigenvalue weighted by Gasteiger charge is -2.21. The molecule has 0 saturated heterocycles. The van der Waals surface area contributed by atoms with E-state index in [0.29, 0.717) is 36.6 Å². The number of benzene rings is 2. The van der Waals surface area contributed by atoms with Crippen LogP contribution in [0.4, 0.5) is 4.39 Å². The lowest BCUT2D eigenvalue weighted by Crippen LogP contribution is -2.30. The van der Waals surface area contributed by atoms with Gasteiger partial charge in [0, 0.05) is 15.7 Å². The van der Waals surface area contributed by atoms with E-state index in [0.717, 1.165) is 9.13 Å². The summed E-state index contributed by atoms with van der Waals surface area (Å²) in [6, 6.07) is 10.3. The van der Waals surface area contributed by atoms with E-state index in [2.05, 4.69) is 27.9 Å². The molecule has 0 radical (unpaired) electrons. The van der Waals surface area contributed by atoms with Crippen molar-refractivity contribution in [3.63, 3.8) is 0 Å². The average Bonchev–Trinajstić information content (AvgIpc) is 2.61. The standard InChI is InChI=1S/C18H17FINO4/c19-14-7-12(18-13(8-14)9-23-11-25-18)5-6-21-17(22)10-24-16-3-1-15(20)2-4-16/h1-4,7-8H,5-6,9-11H2,(H,21,22). The molecule has 3 rings (SSSR count). The number of halogens is 2. The van der Waals surface area contributed by atoms with Gasteiger partial charge in [-0.15, -0.1) is 0 Å². The summed E-state index contributed by atoms with van der Waals surface area (Å²) in [4.78, 5) is 11.9. The predicted molar refractivity (Wildman–Crippen MR) is 98.1 cm³/mol. The SMILES string of the molecule is O=C(COc1ccc(I)cc1)NCCc1cc(F)cc2c1OCOC2. The Hall–Kier alpha value is -1.87. The van der Waals surface area contributed by atoms with Gasteiger partial charge in [-0.05, 0) is 71.0 Å². The first kappa shape index (κ1) is 17.9. The lowest BCUT2D eigenvalue weighted by molar-refractivity contribution is -0.123. The molecule has 0 aromatic heterocycles. The Morgan fingerprint density at radius 3 is 2.88 bits per heavy atom. The number of rotatable bonds is 6. The predicted octanol–water partition coefficient (Wildman–Crippen LogP) is 3.03. The highest BCUT2D eigenvalue weighted by molar-refractivity contribution is 14.1. The summed E-state index contributed by atoms with van der Waals surface area (Å²) in [6.07, 6.45) is 0.468. The third-order valence-corrected chi connectivity index (χ3v) is 4.37. The molecule has 0 atom stereocenters. The molecule has 0 aliphatic carbocycles. The first-order valence-electron chi connectivity index (χ1n) is 7.79. The maximum atomic E-state index is 13.7. The fourth-order valence-corrected chi connectivity index (χ4v) is 2.87. The molecule has 5 nitrogen and oxygen atoms in total. The number of ether oxygens (including phenoxy) is 3. The van der Waals surface area contributed by atoms with Gasteiger partial charge in [0.15, 0.2) is 13.4 Å². The molecule has 0 saturated carbocycles. The van der Waals surface area contributed by atoms with E-state index in [4.69, 9.17) is 14.2 Å². The van der Waals surface area contributed by atoms with Crippen LogP contribution in [0, 0.1) is 9.39 Å². The fourth-order valence-electron chi connectivity index (χ4n) is 2.51. The smallest absolute Gasteiger partial charge is 0.257 e. The van der Waals surface area contributed by atoms with Crippen molar-refractivity contribution in [3.8, 4) is 11.5 Å². The third-order valence-electron chi connectivity index (χ3n) is 3.65. The van der Waals surface area contributed by atoms with E-state index in [1.165, 1.54) is 12.1 Å². The van der Waals surface area contributed by atoms with Gasteiger partial charge < -0.3 is 19.5 Å². The molecule has 2 aromatic carbocycles. The number of fused-ring (bicyclic) bond motifs is 1. The van der Waals surface area contributed by atoms with Crippen LogP contribution in [0.5, 0.6) is 11.5 Å². The largest absolute Gasteiger partial charge is 0.484 e. The van der Waals surface area contributed by atoms with Gasteiger partial charge >= 0.3 is 0 Å². The fraction of sp³-hybridized carbons (Fsp3) is 0.278. The second-order valence-corrected chi connectivity index (χ2v) is 6.75. The minimum absolute atomic E-state index is 0.0633. The van der Waals surface area contributed by atoms with E-state index < -0.39 is 0 Å². The van der Waals surface area contributed by atoms with Crippen LogP contribution < -0.4 is 14.8 Å². The molecule has 1 aliphatic heterocycles. The van der Waals surface area contributed by atoms with Crippen molar-refractivity contribution in [2.45, 2.75) is 13.0 Å². The van der Waals surface area contributed by atoms with Crippen molar-refractivity contribution in [2.24, 2.45) is 0 Å². The minimum Gasteiger partial charge on any atom is -0.484 e. The monoisotopic (exact) mass is 457 g/mol. The zero-order chi connectivity index (χ0) is 17.6. The summed E-state index contributed by atoms with van der Waals surface area (Å²) >= 11 is 2.20. The van der Waals surface area contributed by atoms with Crippen molar-refractivity contribution < 1.29 is 23.4 Å². The van der Waals surface area contributed by atoms with Crippen molar-refractivity contribution in [3.05, 3.63) is 56.9 Å². The summed E-state index contributed by atoms with van der Waals surface area (Å²) in [5, 5.41) is 2.76. The number of carbonyl (C=O) groups excluding carboxylic acids is 1. The zero-order valence-corrected chi connectivity index (χ0v) is 15.5. The maximum absolute atomic E-state index is 13.7.